The molecule has 0 fully saturated rings. The Morgan fingerprint density at radius 3 is 1.52 bits per heavy atom. The van der Waals surface area contributed by atoms with Gasteiger partial charge in [-0.15, -0.1) is 0 Å². The molecule has 5 heteroatoms. The van der Waals surface area contributed by atoms with Gasteiger partial charge in [-0.25, -0.2) is 0 Å². The molecule has 0 saturated heterocycles. The molecule has 0 radical (unpaired) electrons. The van der Waals surface area contributed by atoms with Crippen LogP contribution in [0.5, 0.6) is 17.2 Å². The lowest BCUT2D eigenvalue weighted by Gasteiger charge is -2.27. The molecule has 0 aliphatic rings. The molecular formula is C26H31O4P. The molecule has 0 spiro atoms. The fraction of sp³-hybridized carbons (Fsp3) is 0.308. The van der Waals surface area contributed by atoms with E-state index in [2.05, 4.69) is 0 Å². The maximum absolute atomic E-state index is 14.3. The Bertz CT molecular complexity index is 1240. The Morgan fingerprint density at radius 2 is 1.10 bits per heavy atom. The van der Waals surface area contributed by atoms with Crippen molar-refractivity contribution in [2.75, 3.05) is 0 Å². The highest BCUT2D eigenvalue weighted by atomic mass is 31.2. The van der Waals surface area contributed by atoms with Crippen molar-refractivity contribution in [1.82, 2.24) is 0 Å². The highest BCUT2D eigenvalue weighted by Crippen LogP contribution is 2.52. The van der Waals surface area contributed by atoms with Crippen molar-refractivity contribution in [1.29, 1.82) is 0 Å². The minimum atomic E-state index is -4.65. The van der Waals surface area contributed by atoms with Gasteiger partial charge in [0.1, 0.15) is 17.2 Å². The lowest BCUT2D eigenvalue weighted by Crippen LogP contribution is -2.17. The summed E-state index contributed by atoms with van der Waals surface area (Å²) in [7, 11) is -4.65. The van der Waals surface area contributed by atoms with E-state index >= 15 is 0 Å². The first-order valence-electron chi connectivity index (χ1n) is 12.5. The molecule has 3 aromatic carbocycles. The number of hydrogen-bond acceptors (Lipinski definition) is 4. The van der Waals surface area contributed by atoms with Gasteiger partial charge in [0.15, 0.2) is 0 Å². The summed E-state index contributed by atoms with van der Waals surface area (Å²) in [5, 5.41) is 0. The van der Waals surface area contributed by atoms with Crippen LogP contribution in [-0.2, 0) is 15.4 Å². The van der Waals surface area contributed by atoms with Crippen molar-refractivity contribution in [2.45, 2.75) is 52.4 Å². The second-order valence-electron chi connectivity index (χ2n) is 9.17. The average Bonchev–Trinajstić information content (AvgIpc) is 2.78. The summed E-state index contributed by atoms with van der Waals surface area (Å²) in [6, 6.07) is 10.8. The molecule has 0 N–H and O–H groups in total. The minimum Gasteiger partial charge on any atom is -0.386 e. The molecule has 0 heterocycles. The summed E-state index contributed by atoms with van der Waals surface area (Å²) in [4.78, 5) is 0. The normalized spacial score (nSPS) is 14.6. The quantitative estimate of drug-likeness (QED) is 0.363. The Hall–Kier alpha value is -2.71. The molecule has 3 aromatic rings. The van der Waals surface area contributed by atoms with Crippen LogP contribution in [0.15, 0.2) is 78.7 Å². The van der Waals surface area contributed by atoms with Gasteiger partial charge in [-0.3, -0.25) is 0 Å². The molecule has 0 unspecified atom stereocenters. The van der Waals surface area contributed by atoms with E-state index in [1.165, 1.54) is 0 Å². The van der Waals surface area contributed by atoms with E-state index in [9.17, 15) is 4.57 Å². The Morgan fingerprint density at radius 1 is 0.677 bits per heavy atom. The van der Waals surface area contributed by atoms with E-state index in [1.54, 1.807) is 24.3 Å². The second kappa shape index (κ2) is 8.80. The van der Waals surface area contributed by atoms with Crippen LogP contribution < -0.4 is 13.6 Å². The van der Waals surface area contributed by atoms with Gasteiger partial charge in [-0.1, -0.05) is 96.1 Å². The van der Waals surface area contributed by atoms with Gasteiger partial charge in [0.25, 0.3) is 0 Å². The molecule has 0 aliphatic carbocycles. The van der Waals surface area contributed by atoms with E-state index in [-0.39, 0.29) is 22.3 Å². The zero-order chi connectivity index (χ0) is 27.1. The first kappa shape index (κ1) is 16.9. The molecule has 4 nitrogen and oxygen atoms in total. The monoisotopic (exact) mass is 443 g/mol. The van der Waals surface area contributed by atoms with Gasteiger partial charge in [0.2, 0.25) is 0 Å². The predicted octanol–water partition coefficient (Wildman–Crippen LogP) is 7.93. The smallest absolute Gasteiger partial charge is 0.386 e. The topological polar surface area (TPSA) is 44.8 Å². The van der Waals surface area contributed by atoms with E-state index in [0.29, 0.717) is 0 Å². The zero-order valence-electron chi connectivity index (χ0n) is 23.7. The first-order valence-corrected chi connectivity index (χ1v) is 11.5. The average molecular weight is 444 g/mol. The fourth-order valence-corrected chi connectivity index (χ4v) is 4.25. The lowest BCUT2D eigenvalue weighted by molar-refractivity contribution is 0.293. The van der Waals surface area contributed by atoms with Crippen LogP contribution in [0.3, 0.4) is 0 Å². The van der Waals surface area contributed by atoms with Crippen molar-refractivity contribution in [3.05, 3.63) is 89.9 Å². The van der Waals surface area contributed by atoms with Gasteiger partial charge < -0.3 is 13.6 Å². The SMILES string of the molecule is [2H]c1c([2H])c([2H])c(OP(=O)(Oc2ccccc2C(C)(C)C)Oc2ccccc2C(C)(C)C)c([2H])c1[2H]. The number of benzene rings is 3. The number of rotatable bonds is 6. The van der Waals surface area contributed by atoms with Crippen molar-refractivity contribution < 1.29 is 25.0 Å². The van der Waals surface area contributed by atoms with Gasteiger partial charge in [0.05, 0.1) is 6.85 Å². The summed E-state index contributed by atoms with van der Waals surface area (Å²) >= 11 is 0. The van der Waals surface area contributed by atoms with Crippen molar-refractivity contribution in [3.8, 4) is 17.2 Å². The van der Waals surface area contributed by atoms with Crippen LogP contribution in [0.4, 0.5) is 0 Å². The summed E-state index contributed by atoms with van der Waals surface area (Å²) < 4.78 is 72.0. The summed E-state index contributed by atoms with van der Waals surface area (Å²) in [5.41, 5.74) is 0.674. The van der Waals surface area contributed by atoms with Crippen LogP contribution in [0, 0.1) is 0 Å². The molecule has 0 atom stereocenters. The van der Waals surface area contributed by atoms with E-state index in [1.807, 2.05) is 65.8 Å². The molecule has 0 aromatic heterocycles. The van der Waals surface area contributed by atoms with Crippen molar-refractivity contribution in [2.24, 2.45) is 0 Å². The van der Waals surface area contributed by atoms with E-state index in [4.69, 9.17) is 20.4 Å². The fourth-order valence-electron chi connectivity index (χ4n) is 3.02. The second-order valence-corrected chi connectivity index (χ2v) is 10.6. The molecule has 3 rings (SSSR count). The molecule has 0 saturated carbocycles. The number of phosphoric acid groups is 1. The Labute approximate surface area is 192 Å². The molecule has 0 aliphatic heterocycles. The molecule has 0 bridgehead atoms. The standard InChI is InChI=1S/C26H31O4P/c1-25(2,3)21-16-10-12-18-23(21)29-31(27,28-20-14-8-7-9-15-20)30-24-19-13-11-17-22(24)26(4,5)6/h7-19H,1-6H3/i7D,8D,9D,14D,15D. The minimum absolute atomic E-state index is 0.230. The van der Waals surface area contributed by atoms with Crippen LogP contribution in [-0.4, -0.2) is 0 Å². The van der Waals surface area contributed by atoms with Crippen LogP contribution >= 0.6 is 7.82 Å². The van der Waals surface area contributed by atoms with Gasteiger partial charge in [-0.05, 0) is 35.0 Å². The third kappa shape index (κ3) is 5.92. The third-order valence-electron chi connectivity index (χ3n) is 4.49. The highest BCUT2D eigenvalue weighted by molar-refractivity contribution is 7.49. The predicted molar refractivity (Wildman–Crippen MR) is 126 cm³/mol. The van der Waals surface area contributed by atoms with Crippen LogP contribution in [0.25, 0.3) is 0 Å². The zero-order valence-corrected chi connectivity index (χ0v) is 19.6. The van der Waals surface area contributed by atoms with Crippen LogP contribution in [0.2, 0.25) is 0 Å². The highest BCUT2D eigenvalue weighted by Gasteiger charge is 2.36. The summed E-state index contributed by atoms with van der Waals surface area (Å²) in [5.74, 6) is -0.159. The Balaban J connectivity index is 2.20. The van der Waals surface area contributed by atoms with E-state index in [0.717, 1.165) is 11.1 Å². The lowest BCUT2D eigenvalue weighted by atomic mass is 9.86. The number of phosphoric ester groups is 1. The molecule has 0 amide bonds. The van der Waals surface area contributed by atoms with Gasteiger partial charge >= 0.3 is 7.82 Å². The van der Waals surface area contributed by atoms with Crippen LogP contribution in [0.1, 0.15) is 59.5 Å². The maximum Gasteiger partial charge on any atom is 0.647 e. The third-order valence-corrected chi connectivity index (χ3v) is 5.74. The van der Waals surface area contributed by atoms with E-state index < -0.39 is 43.8 Å². The van der Waals surface area contributed by atoms with Gasteiger partial charge in [0, 0.05) is 11.1 Å². The number of para-hydroxylation sites is 3. The first-order chi connectivity index (χ1) is 16.5. The Kier molecular flexibility index (Phi) is 4.80. The molecule has 164 valence electrons. The van der Waals surface area contributed by atoms with Gasteiger partial charge in [-0.2, -0.15) is 4.57 Å². The number of hydrogen-bond donors (Lipinski definition) is 0. The summed E-state index contributed by atoms with van der Waals surface area (Å²) in [6.07, 6.45) is 0. The molecule has 31 heavy (non-hydrogen) atoms. The van der Waals surface area contributed by atoms with Crippen molar-refractivity contribution in [3.63, 3.8) is 0 Å². The van der Waals surface area contributed by atoms with Crippen molar-refractivity contribution >= 4 is 7.82 Å². The summed E-state index contributed by atoms with van der Waals surface area (Å²) in [6.45, 7) is 11.8. The molecular weight excluding hydrogens is 407 g/mol. The maximum atomic E-state index is 14.3. The largest absolute Gasteiger partial charge is 0.647 e.